The molecule has 0 radical (unpaired) electrons. The molecule has 0 aromatic heterocycles. The summed E-state index contributed by atoms with van der Waals surface area (Å²) in [4.78, 5) is 2.45. The van der Waals surface area contributed by atoms with Crippen molar-refractivity contribution in [1.29, 1.82) is 0 Å². The fourth-order valence-corrected chi connectivity index (χ4v) is 3.36. The fourth-order valence-electron chi connectivity index (χ4n) is 3.15. The lowest BCUT2D eigenvalue weighted by molar-refractivity contribution is 0.631. The molecule has 0 saturated carbocycles. The Balaban J connectivity index is 1.44. The van der Waals surface area contributed by atoms with Gasteiger partial charge in [0.25, 0.3) is 0 Å². The summed E-state index contributed by atoms with van der Waals surface area (Å²) in [5.41, 5.74) is 3.17. The van der Waals surface area contributed by atoms with Crippen molar-refractivity contribution in [3.63, 3.8) is 0 Å². The Morgan fingerprint density at radius 1 is 1.21 bits per heavy atom. The van der Waals surface area contributed by atoms with Gasteiger partial charge in [0.2, 0.25) is 0 Å². The molecule has 3 rings (SSSR count). The van der Waals surface area contributed by atoms with Crippen LogP contribution in [0.1, 0.15) is 18.9 Å². The van der Waals surface area contributed by atoms with Crippen LogP contribution in [-0.4, -0.2) is 24.2 Å². The second-order valence-corrected chi connectivity index (χ2v) is 6.50. The second-order valence-electron chi connectivity index (χ2n) is 6.09. The molecule has 1 aliphatic rings. The Morgan fingerprint density at radius 2 is 1.96 bits per heavy atom. The van der Waals surface area contributed by atoms with Crippen molar-refractivity contribution < 1.29 is 4.39 Å². The predicted molar refractivity (Wildman–Crippen MR) is 102 cm³/mol. The summed E-state index contributed by atoms with van der Waals surface area (Å²) in [7, 11) is 0. The van der Waals surface area contributed by atoms with Crippen molar-refractivity contribution in [1.82, 2.24) is 5.32 Å². The van der Waals surface area contributed by atoms with Crippen molar-refractivity contribution in [3.8, 4) is 0 Å². The normalized spacial score (nSPS) is 15.9. The van der Waals surface area contributed by atoms with Gasteiger partial charge in [-0.05, 0) is 55.7 Å². The zero-order valence-electron chi connectivity index (χ0n) is 13.8. The average molecular weight is 343 g/mol. The smallest absolute Gasteiger partial charge is 0.170 e. The Bertz CT molecular complexity index is 719. The van der Waals surface area contributed by atoms with Gasteiger partial charge in [-0.15, -0.1) is 0 Å². The molecule has 2 aromatic carbocycles. The van der Waals surface area contributed by atoms with E-state index >= 15 is 0 Å². The van der Waals surface area contributed by atoms with Gasteiger partial charge in [-0.2, -0.15) is 0 Å². The van der Waals surface area contributed by atoms with Crippen LogP contribution in [0.3, 0.4) is 0 Å². The monoisotopic (exact) mass is 343 g/mol. The number of halogens is 1. The zero-order chi connectivity index (χ0) is 16.9. The number of benzene rings is 2. The van der Waals surface area contributed by atoms with Crippen LogP contribution in [0.4, 0.5) is 15.8 Å². The Labute approximate surface area is 147 Å². The molecule has 5 heteroatoms. The van der Waals surface area contributed by atoms with Crippen molar-refractivity contribution in [3.05, 3.63) is 59.9 Å². The maximum Gasteiger partial charge on any atom is 0.170 e. The summed E-state index contributed by atoms with van der Waals surface area (Å²) < 4.78 is 13.6. The second kappa shape index (κ2) is 7.62. The van der Waals surface area contributed by atoms with Gasteiger partial charge in [-0.25, -0.2) is 4.39 Å². The number of thiocarbonyl (C=S) groups is 1. The quantitative estimate of drug-likeness (QED) is 0.635. The lowest BCUT2D eigenvalue weighted by atomic mass is 10.1. The number of anilines is 2. The minimum Gasteiger partial charge on any atom is -0.368 e. The van der Waals surface area contributed by atoms with Crippen LogP contribution in [0.15, 0.2) is 48.5 Å². The molecule has 24 heavy (non-hydrogen) atoms. The highest BCUT2D eigenvalue weighted by atomic mass is 32.1. The predicted octanol–water partition coefficient (Wildman–Crippen LogP) is 3.95. The van der Waals surface area contributed by atoms with E-state index in [2.05, 4.69) is 46.7 Å². The summed E-state index contributed by atoms with van der Waals surface area (Å²) in [5, 5.41) is 6.50. The molecule has 1 aliphatic heterocycles. The third-order valence-corrected chi connectivity index (χ3v) is 4.58. The number of fused-ring (bicyclic) bond motifs is 1. The maximum atomic E-state index is 13.6. The summed E-state index contributed by atoms with van der Waals surface area (Å²) in [6, 6.07) is 15.6. The van der Waals surface area contributed by atoms with E-state index in [0.29, 0.717) is 16.8 Å². The molecule has 126 valence electrons. The van der Waals surface area contributed by atoms with Gasteiger partial charge in [-0.3, -0.25) is 0 Å². The molecule has 0 spiro atoms. The maximum absolute atomic E-state index is 13.6. The lowest BCUT2D eigenvalue weighted by Gasteiger charge is -2.25. The van der Waals surface area contributed by atoms with Gasteiger partial charge in [0.05, 0.1) is 5.69 Å². The fraction of sp³-hybridized carbons (Fsp3) is 0.316. The van der Waals surface area contributed by atoms with Gasteiger partial charge in [0.1, 0.15) is 5.82 Å². The minimum atomic E-state index is -0.302. The first-order valence-electron chi connectivity index (χ1n) is 8.29. The third-order valence-electron chi connectivity index (χ3n) is 4.33. The van der Waals surface area contributed by atoms with Gasteiger partial charge < -0.3 is 15.5 Å². The van der Waals surface area contributed by atoms with Crippen LogP contribution in [-0.2, 0) is 6.42 Å². The number of nitrogens with one attached hydrogen (secondary N) is 2. The Hall–Kier alpha value is -2.14. The van der Waals surface area contributed by atoms with E-state index in [1.54, 1.807) is 18.2 Å². The number of para-hydroxylation sites is 2. The molecular formula is C19H22FN3S. The van der Waals surface area contributed by atoms with E-state index in [4.69, 9.17) is 12.2 Å². The largest absolute Gasteiger partial charge is 0.368 e. The van der Waals surface area contributed by atoms with Crippen molar-refractivity contribution in [2.75, 3.05) is 23.3 Å². The Morgan fingerprint density at radius 3 is 2.79 bits per heavy atom. The summed E-state index contributed by atoms with van der Waals surface area (Å²) in [6.45, 7) is 4.00. The van der Waals surface area contributed by atoms with E-state index in [9.17, 15) is 4.39 Å². The number of rotatable bonds is 5. The summed E-state index contributed by atoms with van der Waals surface area (Å²) in [5.74, 6) is -0.302. The highest BCUT2D eigenvalue weighted by molar-refractivity contribution is 7.80. The lowest BCUT2D eigenvalue weighted by Crippen LogP contribution is -2.34. The van der Waals surface area contributed by atoms with Gasteiger partial charge in [-0.1, -0.05) is 30.3 Å². The van der Waals surface area contributed by atoms with Crippen LogP contribution < -0.4 is 15.5 Å². The molecule has 0 saturated heterocycles. The molecule has 1 atom stereocenters. The molecule has 2 N–H and O–H groups in total. The molecule has 2 aromatic rings. The minimum absolute atomic E-state index is 0.302. The molecule has 1 unspecified atom stereocenters. The van der Waals surface area contributed by atoms with E-state index in [1.807, 2.05) is 0 Å². The molecule has 0 bridgehead atoms. The zero-order valence-corrected chi connectivity index (χ0v) is 14.6. The number of nitrogens with zero attached hydrogens (tertiary/aromatic N) is 1. The van der Waals surface area contributed by atoms with E-state index in [1.165, 1.54) is 17.3 Å². The molecule has 0 aliphatic carbocycles. The van der Waals surface area contributed by atoms with Crippen LogP contribution in [0, 0.1) is 5.82 Å². The average Bonchev–Trinajstić information content (AvgIpc) is 2.89. The van der Waals surface area contributed by atoms with Gasteiger partial charge >= 0.3 is 0 Å². The van der Waals surface area contributed by atoms with E-state index in [-0.39, 0.29) is 5.82 Å². The van der Waals surface area contributed by atoms with Crippen molar-refractivity contribution in [2.45, 2.75) is 25.8 Å². The SMILES string of the molecule is CC1Cc2ccccc2N1CCCNC(=S)Nc1ccccc1F. The third kappa shape index (κ3) is 3.85. The number of hydrogen-bond donors (Lipinski definition) is 2. The molecular weight excluding hydrogens is 321 g/mol. The highest BCUT2D eigenvalue weighted by Gasteiger charge is 2.24. The summed E-state index contributed by atoms with van der Waals surface area (Å²) in [6.07, 6.45) is 2.08. The van der Waals surface area contributed by atoms with E-state index < -0.39 is 0 Å². The van der Waals surface area contributed by atoms with Crippen molar-refractivity contribution >= 4 is 28.7 Å². The molecule has 1 heterocycles. The molecule has 0 amide bonds. The topological polar surface area (TPSA) is 27.3 Å². The first-order valence-corrected chi connectivity index (χ1v) is 8.70. The standard InChI is InChI=1S/C19H22FN3S/c1-14-13-15-7-2-5-10-18(15)23(14)12-6-11-21-19(24)22-17-9-4-3-8-16(17)20/h2-5,7-10,14H,6,11-13H2,1H3,(H2,21,22,24). The highest BCUT2D eigenvalue weighted by Crippen LogP contribution is 2.31. The summed E-state index contributed by atoms with van der Waals surface area (Å²) >= 11 is 5.23. The van der Waals surface area contributed by atoms with Crippen LogP contribution in [0.25, 0.3) is 0 Å². The number of hydrogen-bond acceptors (Lipinski definition) is 2. The van der Waals surface area contributed by atoms with Crippen LogP contribution in [0.2, 0.25) is 0 Å². The van der Waals surface area contributed by atoms with Gasteiger partial charge in [0.15, 0.2) is 5.11 Å². The van der Waals surface area contributed by atoms with Crippen LogP contribution >= 0.6 is 12.2 Å². The van der Waals surface area contributed by atoms with E-state index in [0.717, 1.165) is 25.9 Å². The Kier molecular flexibility index (Phi) is 5.30. The van der Waals surface area contributed by atoms with Crippen LogP contribution in [0.5, 0.6) is 0 Å². The first kappa shape index (κ1) is 16.7. The molecule has 3 nitrogen and oxygen atoms in total. The van der Waals surface area contributed by atoms with Crippen molar-refractivity contribution in [2.24, 2.45) is 0 Å². The van der Waals surface area contributed by atoms with Gasteiger partial charge in [0, 0.05) is 24.8 Å². The first-order chi connectivity index (χ1) is 11.6. The molecule has 0 fully saturated rings.